The molecule has 0 aromatic carbocycles. The van der Waals surface area contributed by atoms with Crippen molar-refractivity contribution < 1.29 is 0 Å². The second kappa shape index (κ2) is 4.11. The average molecular weight is 230 g/mol. The van der Waals surface area contributed by atoms with Gasteiger partial charge in [0.15, 0.2) is 5.65 Å². The van der Waals surface area contributed by atoms with Crippen LogP contribution in [0.25, 0.3) is 11.2 Å². The van der Waals surface area contributed by atoms with Crippen molar-refractivity contribution in [3.63, 3.8) is 0 Å². The number of imidazole rings is 1. The minimum atomic E-state index is 0.560. The Bertz CT molecular complexity index is 538. The zero-order chi connectivity index (χ0) is 11.8. The Morgan fingerprint density at radius 2 is 1.94 bits per heavy atom. The number of aromatic nitrogens is 3. The first-order valence-corrected chi connectivity index (χ1v) is 6.28. The number of nitrogens with zero attached hydrogens (tertiary/aromatic N) is 2. The number of nitrogens with one attached hydrogen (secondary N) is 2. The third kappa shape index (κ3) is 1.93. The largest absolute Gasteiger partial charge is 0.340 e. The maximum Gasteiger partial charge on any atom is 0.178 e. The predicted molar refractivity (Wildman–Crippen MR) is 68.2 cm³/mol. The van der Waals surface area contributed by atoms with Gasteiger partial charge in [-0.2, -0.15) is 0 Å². The minimum Gasteiger partial charge on any atom is -0.340 e. The fraction of sp³-hybridized carbons (Fsp3) is 0.538. The molecule has 1 fully saturated rings. The van der Waals surface area contributed by atoms with Gasteiger partial charge in [0.25, 0.3) is 0 Å². The van der Waals surface area contributed by atoms with E-state index >= 15 is 0 Å². The smallest absolute Gasteiger partial charge is 0.178 e. The van der Waals surface area contributed by atoms with Gasteiger partial charge in [-0.05, 0) is 51.4 Å². The zero-order valence-corrected chi connectivity index (χ0v) is 10.4. The third-order valence-corrected chi connectivity index (χ3v) is 3.53. The molecule has 0 aliphatic carbocycles. The number of pyridine rings is 1. The van der Waals surface area contributed by atoms with Crippen molar-refractivity contribution in [1.29, 1.82) is 0 Å². The molecule has 4 heteroatoms. The molecule has 0 unspecified atom stereocenters. The summed E-state index contributed by atoms with van der Waals surface area (Å²) in [6.07, 6.45) is 2.33. The second-order valence-electron chi connectivity index (χ2n) is 4.93. The van der Waals surface area contributed by atoms with E-state index in [0.717, 1.165) is 48.6 Å². The van der Waals surface area contributed by atoms with Crippen LogP contribution in [0.15, 0.2) is 6.07 Å². The highest BCUT2D eigenvalue weighted by Gasteiger charge is 2.19. The van der Waals surface area contributed by atoms with E-state index in [0.29, 0.717) is 5.92 Å². The van der Waals surface area contributed by atoms with Gasteiger partial charge in [-0.3, -0.25) is 0 Å². The van der Waals surface area contributed by atoms with E-state index in [1.807, 2.05) is 6.92 Å². The van der Waals surface area contributed by atoms with E-state index in [2.05, 4.69) is 33.3 Å². The van der Waals surface area contributed by atoms with Crippen LogP contribution in [-0.2, 0) is 0 Å². The van der Waals surface area contributed by atoms with Crippen LogP contribution >= 0.6 is 0 Å². The molecule has 2 aromatic rings. The summed E-state index contributed by atoms with van der Waals surface area (Å²) in [5, 5.41) is 3.38. The molecule has 0 spiro atoms. The van der Waals surface area contributed by atoms with Crippen LogP contribution in [0.4, 0.5) is 0 Å². The highest BCUT2D eigenvalue weighted by atomic mass is 15.0. The monoisotopic (exact) mass is 230 g/mol. The lowest BCUT2D eigenvalue weighted by Crippen LogP contribution is -2.27. The van der Waals surface area contributed by atoms with E-state index in [4.69, 9.17) is 0 Å². The number of aromatic amines is 1. The fourth-order valence-electron chi connectivity index (χ4n) is 2.61. The molecule has 0 bridgehead atoms. The molecule has 1 saturated heterocycles. The number of hydrogen-bond donors (Lipinski definition) is 2. The number of fused-ring (bicyclic) bond motifs is 1. The van der Waals surface area contributed by atoms with Gasteiger partial charge in [0.05, 0.1) is 5.52 Å². The van der Waals surface area contributed by atoms with Crippen LogP contribution in [0.5, 0.6) is 0 Å². The van der Waals surface area contributed by atoms with Crippen LogP contribution in [0.1, 0.15) is 35.8 Å². The molecule has 0 radical (unpaired) electrons. The SMILES string of the molecule is Cc1cc(C)c2[nH]c(C3CCNCC3)nc2n1. The van der Waals surface area contributed by atoms with Gasteiger partial charge in [-0.25, -0.2) is 9.97 Å². The summed E-state index contributed by atoms with van der Waals surface area (Å²) in [5.41, 5.74) is 4.25. The van der Waals surface area contributed by atoms with Crippen LogP contribution in [-0.4, -0.2) is 28.0 Å². The van der Waals surface area contributed by atoms with Crippen molar-refractivity contribution in [2.45, 2.75) is 32.6 Å². The zero-order valence-electron chi connectivity index (χ0n) is 10.4. The summed E-state index contributed by atoms with van der Waals surface area (Å²) in [4.78, 5) is 12.6. The summed E-state index contributed by atoms with van der Waals surface area (Å²) in [6.45, 7) is 6.31. The first-order chi connectivity index (χ1) is 8.24. The number of rotatable bonds is 1. The van der Waals surface area contributed by atoms with Gasteiger partial charge >= 0.3 is 0 Å². The lowest BCUT2D eigenvalue weighted by atomic mass is 9.98. The summed E-state index contributed by atoms with van der Waals surface area (Å²) >= 11 is 0. The molecule has 2 N–H and O–H groups in total. The minimum absolute atomic E-state index is 0.560. The van der Waals surface area contributed by atoms with Crippen molar-refractivity contribution in [3.05, 3.63) is 23.1 Å². The molecular weight excluding hydrogens is 212 g/mol. The van der Waals surface area contributed by atoms with Crippen molar-refractivity contribution in [1.82, 2.24) is 20.3 Å². The standard InChI is InChI=1S/C13H18N4/c1-8-7-9(2)15-13-11(8)16-12(17-13)10-3-5-14-6-4-10/h7,10,14H,3-6H2,1-2H3,(H,15,16,17). The first kappa shape index (κ1) is 10.7. The Morgan fingerprint density at radius 3 is 2.71 bits per heavy atom. The number of aryl methyl sites for hydroxylation is 2. The molecule has 4 nitrogen and oxygen atoms in total. The second-order valence-corrected chi connectivity index (χ2v) is 4.93. The van der Waals surface area contributed by atoms with Crippen LogP contribution in [0, 0.1) is 13.8 Å². The molecule has 17 heavy (non-hydrogen) atoms. The Morgan fingerprint density at radius 1 is 1.18 bits per heavy atom. The number of piperidine rings is 1. The first-order valence-electron chi connectivity index (χ1n) is 6.28. The van der Waals surface area contributed by atoms with Crippen LogP contribution in [0.3, 0.4) is 0 Å². The Labute approximate surface area is 101 Å². The highest BCUT2D eigenvalue weighted by Crippen LogP contribution is 2.25. The molecule has 3 heterocycles. The van der Waals surface area contributed by atoms with Crippen molar-refractivity contribution >= 4 is 11.2 Å². The molecular formula is C13H18N4. The molecule has 90 valence electrons. The van der Waals surface area contributed by atoms with Gasteiger partial charge in [-0.15, -0.1) is 0 Å². The summed E-state index contributed by atoms with van der Waals surface area (Å²) < 4.78 is 0. The molecule has 3 rings (SSSR count). The van der Waals surface area contributed by atoms with E-state index in [1.54, 1.807) is 0 Å². The molecule has 1 aliphatic heterocycles. The maximum atomic E-state index is 4.66. The Hall–Kier alpha value is -1.42. The van der Waals surface area contributed by atoms with E-state index in [-0.39, 0.29) is 0 Å². The molecule has 0 amide bonds. The lowest BCUT2D eigenvalue weighted by Gasteiger charge is -2.20. The quantitative estimate of drug-likeness (QED) is 0.788. The molecule has 0 saturated carbocycles. The third-order valence-electron chi connectivity index (χ3n) is 3.53. The lowest BCUT2D eigenvalue weighted by molar-refractivity contribution is 0.448. The molecule has 1 aliphatic rings. The van der Waals surface area contributed by atoms with Gasteiger partial charge in [-0.1, -0.05) is 0 Å². The predicted octanol–water partition coefficient (Wildman–Crippen LogP) is 2.04. The summed E-state index contributed by atoms with van der Waals surface area (Å²) in [6, 6.07) is 2.10. The number of hydrogen-bond acceptors (Lipinski definition) is 3. The normalized spacial score (nSPS) is 17.8. The van der Waals surface area contributed by atoms with Crippen LogP contribution in [0.2, 0.25) is 0 Å². The maximum absolute atomic E-state index is 4.66. The summed E-state index contributed by atoms with van der Waals surface area (Å²) in [5.74, 6) is 1.67. The summed E-state index contributed by atoms with van der Waals surface area (Å²) in [7, 11) is 0. The fourth-order valence-corrected chi connectivity index (χ4v) is 2.61. The highest BCUT2D eigenvalue weighted by molar-refractivity contribution is 5.74. The van der Waals surface area contributed by atoms with Gasteiger partial charge in [0, 0.05) is 11.6 Å². The van der Waals surface area contributed by atoms with Gasteiger partial charge in [0.2, 0.25) is 0 Å². The van der Waals surface area contributed by atoms with Gasteiger partial charge < -0.3 is 10.3 Å². The average Bonchev–Trinajstić information content (AvgIpc) is 2.74. The topological polar surface area (TPSA) is 53.6 Å². The van der Waals surface area contributed by atoms with E-state index in [1.165, 1.54) is 5.56 Å². The Balaban J connectivity index is 2.03. The van der Waals surface area contributed by atoms with Gasteiger partial charge in [0.1, 0.15) is 5.82 Å². The molecule has 0 atom stereocenters. The number of H-pyrrole nitrogens is 1. The van der Waals surface area contributed by atoms with E-state index < -0.39 is 0 Å². The van der Waals surface area contributed by atoms with Crippen LogP contribution < -0.4 is 5.32 Å². The molecule has 2 aromatic heterocycles. The van der Waals surface area contributed by atoms with Crippen molar-refractivity contribution in [2.24, 2.45) is 0 Å². The Kier molecular flexibility index (Phi) is 2.59. The van der Waals surface area contributed by atoms with Crippen molar-refractivity contribution in [2.75, 3.05) is 13.1 Å². The van der Waals surface area contributed by atoms with Crippen molar-refractivity contribution in [3.8, 4) is 0 Å². The van der Waals surface area contributed by atoms with E-state index in [9.17, 15) is 0 Å².